The molecule has 1 aromatic carbocycles. The van der Waals surface area contributed by atoms with Crippen molar-refractivity contribution in [3.8, 4) is 0 Å². The number of piperazine rings is 1. The Balaban J connectivity index is 1.88. The first kappa shape index (κ1) is 12.2. The van der Waals surface area contributed by atoms with Crippen LogP contribution in [0.4, 0.5) is 11.4 Å². The van der Waals surface area contributed by atoms with Gasteiger partial charge in [-0.05, 0) is 31.2 Å². The SMILES string of the molecule is C[C@@H](O)CN1CCN(c2ccc(N)cc2)CC1. The molecule has 1 aromatic rings. The molecule has 1 aliphatic heterocycles. The average molecular weight is 235 g/mol. The Bertz CT molecular complexity index is 342. The maximum atomic E-state index is 9.35. The zero-order chi connectivity index (χ0) is 12.3. The van der Waals surface area contributed by atoms with Gasteiger partial charge >= 0.3 is 0 Å². The van der Waals surface area contributed by atoms with Gasteiger partial charge in [-0.2, -0.15) is 0 Å². The van der Waals surface area contributed by atoms with Crippen LogP contribution < -0.4 is 10.6 Å². The Morgan fingerprint density at radius 2 is 1.76 bits per heavy atom. The number of aliphatic hydroxyl groups is 1. The van der Waals surface area contributed by atoms with Crippen molar-refractivity contribution in [3.63, 3.8) is 0 Å². The first-order valence-corrected chi connectivity index (χ1v) is 6.16. The summed E-state index contributed by atoms with van der Waals surface area (Å²) in [6.45, 7) is 6.65. The molecule has 94 valence electrons. The number of rotatable bonds is 3. The monoisotopic (exact) mass is 235 g/mol. The highest BCUT2D eigenvalue weighted by Gasteiger charge is 2.17. The van der Waals surface area contributed by atoms with Gasteiger partial charge in [0.05, 0.1) is 6.10 Å². The van der Waals surface area contributed by atoms with Crippen LogP contribution in [0.5, 0.6) is 0 Å². The van der Waals surface area contributed by atoms with Crippen molar-refractivity contribution < 1.29 is 5.11 Å². The predicted octanol–water partition coefficient (Wildman–Crippen LogP) is 0.772. The number of aliphatic hydroxyl groups excluding tert-OH is 1. The van der Waals surface area contributed by atoms with Crippen molar-refractivity contribution in [2.75, 3.05) is 43.4 Å². The molecule has 0 saturated carbocycles. The molecule has 0 spiro atoms. The number of anilines is 2. The highest BCUT2D eigenvalue weighted by atomic mass is 16.3. The minimum Gasteiger partial charge on any atom is -0.399 e. The number of β-amino-alcohol motifs (C(OH)–C–C–N with tert-alkyl or cyclic N) is 1. The van der Waals surface area contributed by atoms with E-state index in [-0.39, 0.29) is 6.10 Å². The summed E-state index contributed by atoms with van der Waals surface area (Å²) >= 11 is 0. The van der Waals surface area contributed by atoms with Crippen LogP contribution in [-0.2, 0) is 0 Å². The van der Waals surface area contributed by atoms with E-state index in [2.05, 4.69) is 21.9 Å². The van der Waals surface area contributed by atoms with Crippen LogP contribution >= 0.6 is 0 Å². The molecule has 1 fully saturated rings. The van der Waals surface area contributed by atoms with Crippen molar-refractivity contribution in [3.05, 3.63) is 24.3 Å². The van der Waals surface area contributed by atoms with Gasteiger partial charge in [-0.25, -0.2) is 0 Å². The molecule has 0 aliphatic carbocycles. The highest BCUT2D eigenvalue weighted by Crippen LogP contribution is 2.18. The zero-order valence-electron chi connectivity index (χ0n) is 10.3. The number of benzene rings is 1. The topological polar surface area (TPSA) is 52.7 Å². The van der Waals surface area contributed by atoms with E-state index < -0.39 is 0 Å². The lowest BCUT2D eigenvalue weighted by atomic mass is 10.2. The molecule has 17 heavy (non-hydrogen) atoms. The molecule has 1 heterocycles. The maximum absolute atomic E-state index is 9.35. The van der Waals surface area contributed by atoms with Crippen molar-refractivity contribution in [2.45, 2.75) is 13.0 Å². The second-order valence-electron chi connectivity index (χ2n) is 4.73. The quantitative estimate of drug-likeness (QED) is 0.760. The van der Waals surface area contributed by atoms with Gasteiger partial charge in [0.25, 0.3) is 0 Å². The summed E-state index contributed by atoms with van der Waals surface area (Å²) in [6, 6.07) is 8.02. The Morgan fingerprint density at radius 1 is 1.18 bits per heavy atom. The summed E-state index contributed by atoms with van der Waals surface area (Å²) in [5.74, 6) is 0. The van der Waals surface area contributed by atoms with E-state index in [1.807, 2.05) is 19.1 Å². The number of nitrogens with two attached hydrogens (primary N) is 1. The Morgan fingerprint density at radius 3 is 2.29 bits per heavy atom. The molecule has 1 saturated heterocycles. The van der Waals surface area contributed by atoms with Crippen LogP contribution in [0.25, 0.3) is 0 Å². The Kier molecular flexibility index (Phi) is 3.86. The molecule has 0 bridgehead atoms. The smallest absolute Gasteiger partial charge is 0.0639 e. The molecule has 0 radical (unpaired) electrons. The van der Waals surface area contributed by atoms with Crippen LogP contribution in [0.2, 0.25) is 0 Å². The van der Waals surface area contributed by atoms with Gasteiger partial charge in [-0.3, -0.25) is 4.90 Å². The summed E-state index contributed by atoms with van der Waals surface area (Å²) < 4.78 is 0. The maximum Gasteiger partial charge on any atom is 0.0639 e. The van der Waals surface area contributed by atoms with E-state index in [4.69, 9.17) is 5.73 Å². The molecule has 0 aromatic heterocycles. The van der Waals surface area contributed by atoms with Gasteiger partial charge in [0.15, 0.2) is 0 Å². The average Bonchev–Trinajstić information content (AvgIpc) is 2.30. The molecule has 1 aliphatic rings. The molecule has 0 amide bonds. The summed E-state index contributed by atoms with van der Waals surface area (Å²) in [4.78, 5) is 4.66. The second-order valence-corrected chi connectivity index (χ2v) is 4.73. The van der Waals surface area contributed by atoms with E-state index in [9.17, 15) is 5.11 Å². The van der Waals surface area contributed by atoms with Crippen LogP contribution in [0, 0.1) is 0 Å². The zero-order valence-corrected chi connectivity index (χ0v) is 10.3. The third-order valence-electron chi connectivity index (χ3n) is 3.15. The first-order chi connectivity index (χ1) is 8.15. The lowest BCUT2D eigenvalue weighted by molar-refractivity contribution is 0.123. The Hall–Kier alpha value is -1.26. The van der Waals surface area contributed by atoms with Crippen molar-refractivity contribution in [1.29, 1.82) is 0 Å². The fourth-order valence-corrected chi connectivity index (χ4v) is 2.25. The van der Waals surface area contributed by atoms with Crippen LogP contribution in [-0.4, -0.2) is 48.8 Å². The van der Waals surface area contributed by atoms with Gasteiger partial charge < -0.3 is 15.7 Å². The lowest BCUT2D eigenvalue weighted by Crippen LogP contribution is -2.48. The number of nitrogens with zero attached hydrogens (tertiary/aromatic N) is 2. The molecule has 0 unspecified atom stereocenters. The van der Waals surface area contributed by atoms with Crippen molar-refractivity contribution in [1.82, 2.24) is 4.90 Å². The number of hydrogen-bond donors (Lipinski definition) is 2. The molecule has 3 N–H and O–H groups in total. The Labute approximate surface area is 103 Å². The van der Waals surface area contributed by atoms with Crippen LogP contribution in [0.3, 0.4) is 0 Å². The minimum atomic E-state index is -0.238. The highest BCUT2D eigenvalue weighted by molar-refractivity contribution is 5.53. The molecular weight excluding hydrogens is 214 g/mol. The fourth-order valence-electron chi connectivity index (χ4n) is 2.25. The summed E-state index contributed by atoms with van der Waals surface area (Å²) in [5, 5.41) is 9.35. The standard InChI is InChI=1S/C13H21N3O/c1-11(17)10-15-6-8-16(9-7-15)13-4-2-12(14)3-5-13/h2-5,11,17H,6-10,14H2,1H3/t11-/m1/s1. The molecule has 4 heteroatoms. The summed E-state index contributed by atoms with van der Waals surface area (Å²) in [5.41, 5.74) is 7.72. The molecular formula is C13H21N3O. The van der Waals surface area contributed by atoms with E-state index >= 15 is 0 Å². The number of nitrogen functional groups attached to an aromatic ring is 1. The van der Waals surface area contributed by atoms with Gasteiger partial charge in [0, 0.05) is 44.1 Å². The van der Waals surface area contributed by atoms with Crippen molar-refractivity contribution in [2.24, 2.45) is 0 Å². The van der Waals surface area contributed by atoms with E-state index in [1.165, 1.54) is 5.69 Å². The summed E-state index contributed by atoms with van der Waals surface area (Å²) in [6.07, 6.45) is -0.238. The van der Waals surface area contributed by atoms with Crippen LogP contribution in [0.15, 0.2) is 24.3 Å². The predicted molar refractivity (Wildman–Crippen MR) is 71.2 cm³/mol. The molecule has 2 rings (SSSR count). The lowest BCUT2D eigenvalue weighted by Gasteiger charge is -2.36. The van der Waals surface area contributed by atoms with E-state index in [1.54, 1.807) is 0 Å². The van der Waals surface area contributed by atoms with Gasteiger partial charge in [-0.15, -0.1) is 0 Å². The largest absolute Gasteiger partial charge is 0.399 e. The van der Waals surface area contributed by atoms with Gasteiger partial charge in [-0.1, -0.05) is 0 Å². The van der Waals surface area contributed by atoms with Crippen LogP contribution in [0.1, 0.15) is 6.92 Å². The van der Waals surface area contributed by atoms with Gasteiger partial charge in [0.1, 0.15) is 0 Å². The van der Waals surface area contributed by atoms with E-state index in [0.29, 0.717) is 0 Å². The third-order valence-corrected chi connectivity index (χ3v) is 3.15. The third kappa shape index (κ3) is 3.35. The van der Waals surface area contributed by atoms with E-state index in [0.717, 1.165) is 38.4 Å². The minimum absolute atomic E-state index is 0.238. The summed E-state index contributed by atoms with van der Waals surface area (Å²) in [7, 11) is 0. The second kappa shape index (κ2) is 5.38. The fraction of sp³-hybridized carbons (Fsp3) is 0.538. The molecule has 4 nitrogen and oxygen atoms in total. The van der Waals surface area contributed by atoms with Crippen molar-refractivity contribution >= 4 is 11.4 Å². The number of hydrogen-bond acceptors (Lipinski definition) is 4. The van der Waals surface area contributed by atoms with Gasteiger partial charge in [0.2, 0.25) is 0 Å². The first-order valence-electron chi connectivity index (χ1n) is 6.16. The molecule has 1 atom stereocenters. The normalized spacial score (nSPS) is 19.3.